The van der Waals surface area contributed by atoms with E-state index in [1.165, 1.54) is 11.3 Å². The van der Waals surface area contributed by atoms with E-state index < -0.39 is 0 Å². The van der Waals surface area contributed by atoms with Crippen molar-refractivity contribution in [1.82, 2.24) is 5.32 Å². The van der Waals surface area contributed by atoms with E-state index >= 15 is 0 Å². The van der Waals surface area contributed by atoms with Crippen molar-refractivity contribution in [3.8, 4) is 5.75 Å². The number of nitrogens with zero attached hydrogens (tertiary/aromatic N) is 1. The predicted molar refractivity (Wildman–Crippen MR) is 124 cm³/mol. The molecule has 0 aliphatic carbocycles. The van der Waals surface area contributed by atoms with Crippen molar-refractivity contribution in [2.75, 3.05) is 30.4 Å². The Bertz CT molecular complexity index is 1050. The zero-order valence-corrected chi connectivity index (χ0v) is 18.2. The molecule has 1 aliphatic rings. The number of carbonyl (C=O) groups is 2. The smallest absolute Gasteiger partial charge is 0.319 e. The van der Waals surface area contributed by atoms with Crippen LogP contribution in [0.5, 0.6) is 5.75 Å². The fourth-order valence-corrected chi connectivity index (χ4v) is 4.38. The van der Waals surface area contributed by atoms with Crippen LogP contribution in [-0.2, 0) is 12.8 Å². The second kappa shape index (κ2) is 9.66. The predicted octanol–water partition coefficient (Wildman–Crippen LogP) is 4.71. The summed E-state index contributed by atoms with van der Waals surface area (Å²) in [5.74, 6) is 0.852. The molecule has 0 radical (unpaired) electrons. The van der Waals surface area contributed by atoms with Gasteiger partial charge in [0.15, 0.2) is 0 Å². The van der Waals surface area contributed by atoms with Gasteiger partial charge in [0.1, 0.15) is 5.75 Å². The minimum atomic E-state index is -0.240. The summed E-state index contributed by atoms with van der Waals surface area (Å²) in [4.78, 5) is 27.7. The number of amides is 3. The number of methoxy groups -OCH3 is 1. The standard InChI is InChI=1S/C24H25N3O3S/c1-30-20-9-6-17(7-10-20)12-13-25-24(29)26-19-8-11-21-18(16-19)4-2-14-27(21)23(28)22-5-3-15-31-22/h3,5-11,15-16H,2,4,12-14H2,1H3,(H2,25,26,29). The number of aryl methyl sites for hydroxylation is 1. The highest BCUT2D eigenvalue weighted by atomic mass is 32.1. The van der Waals surface area contributed by atoms with E-state index in [0.29, 0.717) is 13.1 Å². The van der Waals surface area contributed by atoms with Crippen LogP contribution in [0.1, 0.15) is 27.2 Å². The lowest BCUT2D eigenvalue weighted by Crippen LogP contribution is -2.35. The number of rotatable bonds is 6. The minimum absolute atomic E-state index is 0.0351. The first kappa shape index (κ1) is 20.9. The fourth-order valence-electron chi connectivity index (χ4n) is 3.71. The third kappa shape index (κ3) is 5.06. The largest absolute Gasteiger partial charge is 0.497 e. The summed E-state index contributed by atoms with van der Waals surface area (Å²) in [6.45, 7) is 1.24. The first-order valence-corrected chi connectivity index (χ1v) is 11.2. The normalized spacial score (nSPS) is 12.7. The quantitative estimate of drug-likeness (QED) is 0.589. The average molecular weight is 436 g/mol. The summed E-state index contributed by atoms with van der Waals surface area (Å²) < 4.78 is 5.16. The maximum absolute atomic E-state index is 12.8. The van der Waals surface area contributed by atoms with Gasteiger partial charge in [0.05, 0.1) is 12.0 Å². The van der Waals surface area contributed by atoms with Gasteiger partial charge in [-0.2, -0.15) is 0 Å². The zero-order chi connectivity index (χ0) is 21.6. The second-order valence-corrected chi connectivity index (χ2v) is 8.31. The molecule has 0 fully saturated rings. The van der Waals surface area contributed by atoms with E-state index in [4.69, 9.17) is 4.74 Å². The first-order chi connectivity index (χ1) is 15.1. The third-order valence-electron chi connectivity index (χ3n) is 5.29. The van der Waals surface area contributed by atoms with Gasteiger partial charge in [0.25, 0.3) is 5.91 Å². The van der Waals surface area contributed by atoms with Crippen molar-refractivity contribution in [3.05, 3.63) is 76.0 Å². The summed E-state index contributed by atoms with van der Waals surface area (Å²) in [5, 5.41) is 7.70. The van der Waals surface area contributed by atoms with E-state index in [9.17, 15) is 9.59 Å². The van der Waals surface area contributed by atoms with Crippen LogP contribution in [0.4, 0.5) is 16.2 Å². The molecule has 2 N–H and O–H groups in total. The number of nitrogens with one attached hydrogen (secondary N) is 2. The van der Waals surface area contributed by atoms with Crippen molar-refractivity contribution >= 4 is 34.6 Å². The SMILES string of the molecule is COc1ccc(CCNC(=O)Nc2ccc3c(c2)CCCN3C(=O)c2cccs2)cc1. The molecule has 6 nitrogen and oxygen atoms in total. The Morgan fingerprint density at radius 1 is 1.13 bits per heavy atom. The number of fused-ring (bicyclic) bond motifs is 1. The topological polar surface area (TPSA) is 70.7 Å². The highest BCUT2D eigenvalue weighted by Crippen LogP contribution is 2.31. The first-order valence-electron chi connectivity index (χ1n) is 10.3. The molecule has 3 amide bonds. The summed E-state index contributed by atoms with van der Waals surface area (Å²) in [5.41, 5.74) is 3.86. The Labute approximate surface area is 185 Å². The second-order valence-electron chi connectivity index (χ2n) is 7.36. The summed E-state index contributed by atoms with van der Waals surface area (Å²) in [6.07, 6.45) is 2.53. The van der Waals surface area contributed by atoms with Crippen molar-refractivity contribution in [3.63, 3.8) is 0 Å². The minimum Gasteiger partial charge on any atom is -0.497 e. The molecule has 0 unspecified atom stereocenters. The summed E-state index contributed by atoms with van der Waals surface area (Å²) in [7, 11) is 1.64. The lowest BCUT2D eigenvalue weighted by molar-refractivity contribution is 0.0989. The van der Waals surface area contributed by atoms with Gasteiger partial charge >= 0.3 is 6.03 Å². The van der Waals surface area contributed by atoms with E-state index in [2.05, 4.69) is 10.6 Å². The van der Waals surface area contributed by atoms with E-state index in [1.807, 2.05) is 64.9 Å². The van der Waals surface area contributed by atoms with Gasteiger partial charge in [0, 0.05) is 24.5 Å². The molecule has 0 saturated heterocycles. The Balaban J connectivity index is 1.34. The van der Waals surface area contributed by atoms with Gasteiger partial charge in [-0.1, -0.05) is 18.2 Å². The number of carbonyl (C=O) groups excluding carboxylic acids is 2. The molecule has 2 heterocycles. The van der Waals surface area contributed by atoms with E-state index in [0.717, 1.165) is 52.4 Å². The monoisotopic (exact) mass is 435 g/mol. The van der Waals surface area contributed by atoms with Crippen LogP contribution in [-0.4, -0.2) is 32.1 Å². The Kier molecular flexibility index (Phi) is 6.52. The third-order valence-corrected chi connectivity index (χ3v) is 6.15. The lowest BCUT2D eigenvalue weighted by Gasteiger charge is -2.29. The molecule has 1 aromatic heterocycles. The van der Waals surface area contributed by atoms with Crippen molar-refractivity contribution in [1.29, 1.82) is 0 Å². The average Bonchev–Trinajstić information content (AvgIpc) is 3.33. The molecule has 3 aromatic rings. The molecular weight excluding hydrogens is 410 g/mol. The summed E-state index contributed by atoms with van der Waals surface area (Å²) in [6, 6.07) is 17.0. The van der Waals surface area contributed by atoms with E-state index in [1.54, 1.807) is 7.11 Å². The molecule has 0 atom stereocenters. The number of hydrogen-bond donors (Lipinski definition) is 2. The molecule has 0 spiro atoms. The number of ether oxygens (including phenoxy) is 1. The summed E-state index contributed by atoms with van der Waals surface area (Å²) >= 11 is 1.46. The van der Waals surface area contributed by atoms with Crippen LogP contribution in [0.25, 0.3) is 0 Å². The lowest BCUT2D eigenvalue weighted by atomic mass is 10.0. The van der Waals surface area contributed by atoms with Crippen molar-refractivity contribution in [2.24, 2.45) is 0 Å². The van der Waals surface area contributed by atoms with E-state index in [-0.39, 0.29) is 11.9 Å². The molecule has 0 bridgehead atoms. The molecule has 7 heteroatoms. The Hall–Kier alpha value is -3.32. The van der Waals surface area contributed by atoms with Gasteiger partial charge in [-0.3, -0.25) is 4.79 Å². The van der Waals surface area contributed by atoms with Crippen molar-refractivity contribution < 1.29 is 14.3 Å². The number of urea groups is 1. The van der Waals surface area contributed by atoms with Crippen LogP contribution in [0, 0.1) is 0 Å². The fraction of sp³-hybridized carbons (Fsp3) is 0.250. The maximum atomic E-state index is 12.8. The molecule has 1 aliphatic heterocycles. The molecule has 0 saturated carbocycles. The molecule has 160 valence electrons. The van der Waals surface area contributed by atoms with Gasteiger partial charge in [-0.05, 0) is 72.2 Å². The molecule has 2 aromatic carbocycles. The maximum Gasteiger partial charge on any atom is 0.319 e. The Morgan fingerprint density at radius 2 is 1.97 bits per heavy atom. The van der Waals surface area contributed by atoms with Crippen molar-refractivity contribution in [2.45, 2.75) is 19.3 Å². The Morgan fingerprint density at radius 3 is 2.71 bits per heavy atom. The molecule has 31 heavy (non-hydrogen) atoms. The van der Waals surface area contributed by atoms with Crippen LogP contribution < -0.4 is 20.3 Å². The highest BCUT2D eigenvalue weighted by molar-refractivity contribution is 7.12. The molecule has 4 rings (SSSR count). The van der Waals surface area contributed by atoms with Crippen LogP contribution in [0.15, 0.2) is 60.0 Å². The van der Waals surface area contributed by atoms with Gasteiger partial charge < -0.3 is 20.3 Å². The van der Waals surface area contributed by atoms with Gasteiger partial charge in [0.2, 0.25) is 0 Å². The van der Waals surface area contributed by atoms with Gasteiger partial charge in [-0.25, -0.2) is 4.79 Å². The number of hydrogen-bond acceptors (Lipinski definition) is 4. The van der Waals surface area contributed by atoms with Crippen LogP contribution in [0.2, 0.25) is 0 Å². The number of thiophene rings is 1. The van der Waals surface area contributed by atoms with Crippen LogP contribution in [0.3, 0.4) is 0 Å². The zero-order valence-electron chi connectivity index (χ0n) is 17.4. The number of anilines is 2. The highest BCUT2D eigenvalue weighted by Gasteiger charge is 2.24. The van der Waals surface area contributed by atoms with Gasteiger partial charge in [-0.15, -0.1) is 11.3 Å². The number of benzene rings is 2. The van der Waals surface area contributed by atoms with Crippen LogP contribution >= 0.6 is 11.3 Å². The molecular formula is C24H25N3O3S.